The summed E-state index contributed by atoms with van der Waals surface area (Å²) in [5.41, 5.74) is 4.80. The van der Waals surface area contributed by atoms with Crippen molar-refractivity contribution in [2.24, 2.45) is 0 Å². The quantitative estimate of drug-likeness (QED) is 0.567. The molecule has 0 aromatic heterocycles. The van der Waals surface area contributed by atoms with Crippen molar-refractivity contribution in [3.05, 3.63) is 95.1 Å². The standard InChI is InChI=1S/C24H26N2O3S/c1-18-8-14-23(19(2)16-18)26-24(27)15-11-20-9-12-22(13-10-20)30(28,29)25-17-21-6-4-3-5-7-21/h3-10,12-14,16,25H,11,15,17H2,1-2H3,(H,26,27). The smallest absolute Gasteiger partial charge is 0.240 e. The third kappa shape index (κ3) is 6.02. The summed E-state index contributed by atoms with van der Waals surface area (Å²) in [5.74, 6) is -0.0665. The Hall–Kier alpha value is -2.96. The molecular weight excluding hydrogens is 396 g/mol. The molecular formula is C24H26N2O3S. The lowest BCUT2D eigenvalue weighted by atomic mass is 10.1. The molecule has 0 aliphatic carbocycles. The molecule has 0 atom stereocenters. The van der Waals surface area contributed by atoms with Gasteiger partial charge in [0.1, 0.15) is 0 Å². The number of carbonyl (C=O) groups excluding carboxylic acids is 1. The van der Waals surface area contributed by atoms with E-state index < -0.39 is 10.0 Å². The predicted octanol–water partition coefficient (Wildman–Crippen LogP) is 4.35. The molecule has 0 bridgehead atoms. The van der Waals surface area contributed by atoms with Crippen molar-refractivity contribution in [3.63, 3.8) is 0 Å². The lowest BCUT2D eigenvalue weighted by molar-refractivity contribution is -0.116. The summed E-state index contributed by atoms with van der Waals surface area (Å²) < 4.78 is 27.5. The Morgan fingerprint density at radius 1 is 0.867 bits per heavy atom. The lowest BCUT2D eigenvalue weighted by Gasteiger charge is -2.10. The van der Waals surface area contributed by atoms with Gasteiger partial charge in [-0.25, -0.2) is 13.1 Å². The van der Waals surface area contributed by atoms with E-state index in [4.69, 9.17) is 0 Å². The van der Waals surface area contributed by atoms with Crippen molar-refractivity contribution in [1.82, 2.24) is 4.72 Å². The van der Waals surface area contributed by atoms with Crippen molar-refractivity contribution in [3.8, 4) is 0 Å². The van der Waals surface area contributed by atoms with E-state index in [1.165, 1.54) is 0 Å². The topological polar surface area (TPSA) is 75.3 Å². The van der Waals surface area contributed by atoms with E-state index in [-0.39, 0.29) is 17.3 Å². The molecule has 0 spiro atoms. The van der Waals surface area contributed by atoms with Crippen LogP contribution in [-0.4, -0.2) is 14.3 Å². The van der Waals surface area contributed by atoms with Crippen LogP contribution < -0.4 is 10.0 Å². The van der Waals surface area contributed by atoms with Gasteiger partial charge in [0.05, 0.1) is 4.90 Å². The molecule has 30 heavy (non-hydrogen) atoms. The Morgan fingerprint density at radius 2 is 1.57 bits per heavy atom. The molecule has 5 nitrogen and oxygen atoms in total. The SMILES string of the molecule is Cc1ccc(NC(=O)CCc2ccc(S(=O)(=O)NCc3ccccc3)cc2)c(C)c1. The zero-order valence-corrected chi connectivity index (χ0v) is 18.0. The molecule has 0 fully saturated rings. The lowest BCUT2D eigenvalue weighted by Crippen LogP contribution is -2.23. The summed E-state index contributed by atoms with van der Waals surface area (Å²) in [6, 6.07) is 21.9. The molecule has 0 saturated carbocycles. The van der Waals surface area contributed by atoms with Crippen molar-refractivity contribution in [2.75, 3.05) is 5.32 Å². The third-order valence-electron chi connectivity index (χ3n) is 4.84. The largest absolute Gasteiger partial charge is 0.326 e. The molecule has 0 radical (unpaired) electrons. The zero-order valence-electron chi connectivity index (χ0n) is 17.2. The highest BCUT2D eigenvalue weighted by atomic mass is 32.2. The first-order chi connectivity index (χ1) is 14.3. The van der Waals surface area contributed by atoms with Crippen LogP contribution in [0.1, 0.15) is 28.7 Å². The highest BCUT2D eigenvalue weighted by Gasteiger charge is 2.14. The minimum Gasteiger partial charge on any atom is -0.326 e. The Bertz CT molecular complexity index is 1110. The first-order valence-electron chi connectivity index (χ1n) is 9.83. The van der Waals surface area contributed by atoms with E-state index in [1.807, 2.05) is 62.4 Å². The maximum Gasteiger partial charge on any atom is 0.240 e. The van der Waals surface area contributed by atoms with Crippen LogP contribution in [0.15, 0.2) is 77.7 Å². The number of aryl methyl sites for hydroxylation is 3. The van der Waals surface area contributed by atoms with Crippen LogP contribution in [0.5, 0.6) is 0 Å². The minimum atomic E-state index is -3.58. The number of amides is 1. The summed E-state index contributed by atoms with van der Waals surface area (Å²) in [4.78, 5) is 12.5. The van der Waals surface area contributed by atoms with Crippen LogP contribution in [-0.2, 0) is 27.8 Å². The second-order valence-electron chi connectivity index (χ2n) is 7.32. The van der Waals surface area contributed by atoms with Crippen LogP contribution >= 0.6 is 0 Å². The number of anilines is 1. The van der Waals surface area contributed by atoms with E-state index >= 15 is 0 Å². The summed E-state index contributed by atoms with van der Waals surface area (Å²) in [7, 11) is -3.58. The Labute approximate surface area is 178 Å². The molecule has 0 aliphatic heterocycles. The van der Waals surface area contributed by atoms with Gasteiger partial charge in [0.15, 0.2) is 0 Å². The number of benzene rings is 3. The fraction of sp³-hybridized carbons (Fsp3) is 0.208. The maximum absolute atomic E-state index is 12.5. The molecule has 0 saturated heterocycles. The maximum atomic E-state index is 12.5. The number of carbonyl (C=O) groups is 1. The van der Waals surface area contributed by atoms with E-state index in [2.05, 4.69) is 10.0 Å². The molecule has 3 aromatic rings. The van der Waals surface area contributed by atoms with E-state index in [0.29, 0.717) is 12.8 Å². The Morgan fingerprint density at radius 3 is 2.23 bits per heavy atom. The zero-order chi connectivity index (χ0) is 21.6. The number of sulfonamides is 1. The number of hydrogen-bond donors (Lipinski definition) is 2. The third-order valence-corrected chi connectivity index (χ3v) is 6.26. The van der Waals surface area contributed by atoms with Gasteiger partial charge in [0.2, 0.25) is 15.9 Å². The van der Waals surface area contributed by atoms with Gasteiger partial charge in [-0.2, -0.15) is 0 Å². The fourth-order valence-corrected chi connectivity index (χ4v) is 4.13. The van der Waals surface area contributed by atoms with E-state index in [9.17, 15) is 13.2 Å². The molecule has 3 rings (SSSR count). The van der Waals surface area contributed by atoms with Crippen LogP contribution in [0.2, 0.25) is 0 Å². The van der Waals surface area contributed by atoms with Crippen LogP contribution in [0.25, 0.3) is 0 Å². The van der Waals surface area contributed by atoms with Crippen LogP contribution in [0.3, 0.4) is 0 Å². The summed E-state index contributed by atoms with van der Waals surface area (Å²) in [6.45, 7) is 4.22. The number of nitrogens with one attached hydrogen (secondary N) is 2. The fourth-order valence-electron chi connectivity index (χ4n) is 3.12. The molecule has 3 aromatic carbocycles. The number of rotatable bonds is 8. The summed E-state index contributed by atoms with van der Waals surface area (Å²) >= 11 is 0. The Balaban J connectivity index is 1.54. The van der Waals surface area contributed by atoms with Crippen LogP contribution in [0.4, 0.5) is 5.69 Å². The number of hydrogen-bond acceptors (Lipinski definition) is 3. The normalized spacial score (nSPS) is 11.3. The van der Waals surface area contributed by atoms with Gasteiger partial charge in [0, 0.05) is 18.7 Å². The summed E-state index contributed by atoms with van der Waals surface area (Å²) in [6.07, 6.45) is 0.861. The van der Waals surface area contributed by atoms with E-state index in [1.54, 1.807) is 24.3 Å². The molecule has 2 N–H and O–H groups in total. The average molecular weight is 423 g/mol. The van der Waals surface area contributed by atoms with Gasteiger partial charge >= 0.3 is 0 Å². The first-order valence-corrected chi connectivity index (χ1v) is 11.3. The average Bonchev–Trinajstić information content (AvgIpc) is 2.74. The second-order valence-corrected chi connectivity index (χ2v) is 9.09. The summed E-state index contributed by atoms with van der Waals surface area (Å²) in [5, 5.41) is 2.93. The first kappa shape index (κ1) is 21.7. The molecule has 156 valence electrons. The van der Waals surface area contributed by atoms with Gasteiger partial charge in [-0.1, -0.05) is 60.2 Å². The van der Waals surface area contributed by atoms with Crippen molar-refractivity contribution >= 4 is 21.6 Å². The Kier molecular flexibility index (Phi) is 7.03. The molecule has 0 heterocycles. The highest BCUT2D eigenvalue weighted by molar-refractivity contribution is 7.89. The minimum absolute atomic E-state index is 0.0665. The molecule has 6 heteroatoms. The monoisotopic (exact) mass is 422 g/mol. The van der Waals surface area contributed by atoms with Crippen LogP contribution in [0, 0.1) is 13.8 Å². The predicted molar refractivity (Wildman–Crippen MR) is 120 cm³/mol. The highest BCUT2D eigenvalue weighted by Crippen LogP contribution is 2.17. The van der Waals surface area contributed by atoms with Gasteiger partial charge in [0.25, 0.3) is 0 Å². The molecule has 0 unspecified atom stereocenters. The van der Waals surface area contributed by atoms with Gasteiger partial charge in [-0.15, -0.1) is 0 Å². The molecule has 1 amide bonds. The second kappa shape index (κ2) is 9.69. The van der Waals surface area contributed by atoms with Crippen molar-refractivity contribution in [2.45, 2.75) is 38.1 Å². The van der Waals surface area contributed by atoms with Crippen molar-refractivity contribution in [1.29, 1.82) is 0 Å². The van der Waals surface area contributed by atoms with Gasteiger partial charge in [-0.05, 0) is 55.2 Å². The molecule has 0 aliphatic rings. The van der Waals surface area contributed by atoms with Crippen molar-refractivity contribution < 1.29 is 13.2 Å². The van der Waals surface area contributed by atoms with E-state index in [0.717, 1.165) is 27.9 Å². The van der Waals surface area contributed by atoms with Gasteiger partial charge in [-0.3, -0.25) is 4.79 Å². The van der Waals surface area contributed by atoms with Gasteiger partial charge < -0.3 is 5.32 Å².